The second-order valence-corrected chi connectivity index (χ2v) is 6.70. The van der Waals surface area contributed by atoms with Crippen molar-refractivity contribution in [2.45, 2.75) is 6.54 Å². The average molecular weight is 340 g/mol. The quantitative estimate of drug-likeness (QED) is 0.712. The maximum atomic E-state index is 9.91. The molecule has 1 aliphatic heterocycles. The minimum Gasteiger partial charge on any atom is -0.504 e. The molecule has 4 nitrogen and oxygen atoms in total. The van der Waals surface area contributed by atoms with Crippen LogP contribution in [0, 0.1) is 0 Å². The van der Waals surface area contributed by atoms with E-state index in [-0.39, 0.29) is 5.75 Å². The normalized spacial score (nSPS) is 20.7. The molecule has 25 heavy (non-hydrogen) atoms. The number of hydrogen-bond acceptors (Lipinski definition) is 2. The van der Waals surface area contributed by atoms with Crippen molar-refractivity contribution in [2.24, 2.45) is 0 Å². The van der Waals surface area contributed by atoms with Gasteiger partial charge in [-0.25, -0.2) is 0 Å². The first-order chi connectivity index (χ1) is 12.2. The number of phenols is 1. The summed E-state index contributed by atoms with van der Waals surface area (Å²) >= 11 is 0. The molecule has 0 amide bonds. The Labute approximate surface area is 150 Å². The van der Waals surface area contributed by atoms with Crippen LogP contribution >= 0.6 is 0 Å². The lowest BCUT2D eigenvalue weighted by Gasteiger charge is -2.29. The largest absolute Gasteiger partial charge is 0.504 e. The van der Waals surface area contributed by atoms with Crippen molar-refractivity contribution >= 4 is 6.08 Å². The van der Waals surface area contributed by atoms with Crippen molar-refractivity contribution in [1.82, 2.24) is 0 Å². The van der Waals surface area contributed by atoms with Gasteiger partial charge in [0.15, 0.2) is 11.5 Å². The Balaban J connectivity index is 1.44. The van der Waals surface area contributed by atoms with Crippen LogP contribution in [-0.4, -0.2) is 44.9 Å². The van der Waals surface area contributed by atoms with E-state index in [0.717, 1.165) is 13.1 Å². The van der Waals surface area contributed by atoms with Crippen molar-refractivity contribution < 1.29 is 19.6 Å². The van der Waals surface area contributed by atoms with Gasteiger partial charge in [-0.2, -0.15) is 0 Å². The van der Waals surface area contributed by atoms with E-state index >= 15 is 0 Å². The van der Waals surface area contributed by atoms with Gasteiger partial charge in [0.05, 0.1) is 13.7 Å². The average Bonchev–Trinajstić information content (AvgIpc) is 2.64. The molecule has 2 aromatic rings. The molecule has 2 aromatic carbocycles. The van der Waals surface area contributed by atoms with E-state index in [0.29, 0.717) is 5.75 Å². The highest BCUT2D eigenvalue weighted by Gasteiger charge is 2.22. The number of quaternary nitrogens is 2. The summed E-state index contributed by atoms with van der Waals surface area (Å²) in [5.41, 5.74) is 2.44. The Morgan fingerprint density at radius 3 is 2.40 bits per heavy atom. The molecule has 3 rings (SSSR count). The zero-order valence-electron chi connectivity index (χ0n) is 14.9. The standard InChI is InChI=1S/C21H26N2O2/c1-25-21-10-9-19(16-20(21)24)17-23-14-12-22(13-15-23)11-5-8-18-6-3-2-4-7-18/h2-10,16,24H,11-15,17H2,1H3/p+2/b8-5+. The molecule has 0 spiro atoms. The van der Waals surface area contributed by atoms with Gasteiger partial charge in [0, 0.05) is 5.56 Å². The first-order valence-corrected chi connectivity index (χ1v) is 8.99. The molecule has 1 saturated heterocycles. The van der Waals surface area contributed by atoms with Crippen molar-refractivity contribution in [2.75, 3.05) is 39.8 Å². The van der Waals surface area contributed by atoms with Crippen LogP contribution in [0.2, 0.25) is 0 Å². The Morgan fingerprint density at radius 1 is 1.00 bits per heavy atom. The molecule has 132 valence electrons. The molecule has 0 saturated carbocycles. The fourth-order valence-corrected chi connectivity index (χ4v) is 3.40. The van der Waals surface area contributed by atoms with Crippen LogP contribution < -0.4 is 14.5 Å². The van der Waals surface area contributed by atoms with Crippen molar-refractivity contribution in [3.05, 3.63) is 65.7 Å². The van der Waals surface area contributed by atoms with E-state index < -0.39 is 0 Å². The molecular weight excluding hydrogens is 312 g/mol. The number of ether oxygens (including phenoxy) is 1. The van der Waals surface area contributed by atoms with Gasteiger partial charge in [0.1, 0.15) is 32.7 Å². The summed E-state index contributed by atoms with van der Waals surface area (Å²) in [5, 5.41) is 9.91. The Hall–Kier alpha value is -2.30. The van der Waals surface area contributed by atoms with Crippen LogP contribution in [0.5, 0.6) is 11.5 Å². The summed E-state index contributed by atoms with van der Waals surface area (Å²) in [4.78, 5) is 3.23. The summed E-state index contributed by atoms with van der Waals surface area (Å²) in [6.07, 6.45) is 4.50. The number of phenolic OH excluding ortho intramolecular Hbond substituents is 1. The number of nitrogens with one attached hydrogen (secondary N) is 2. The van der Waals surface area contributed by atoms with E-state index in [9.17, 15) is 5.11 Å². The minimum absolute atomic E-state index is 0.231. The highest BCUT2D eigenvalue weighted by Crippen LogP contribution is 2.25. The first kappa shape index (κ1) is 17.5. The molecule has 0 unspecified atom stereocenters. The van der Waals surface area contributed by atoms with Crippen LogP contribution in [0.3, 0.4) is 0 Å². The number of methoxy groups -OCH3 is 1. The number of hydrogen-bond donors (Lipinski definition) is 3. The SMILES string of the molecule is COc1ccc(C[NH+]2CC[NH+](C/C=C/c3ccccc3)CC2)cc1O. The Bertz CT molecular complexity index is 692. The molecule has 4 heteroatoms. The van der Waals surface area contributed by atoms with Gasteiger partial charge < -0.3 is 19.6 Å². The second kappa shape index (κ2) is 8.70. The fourth-order valence-electron chi connectivity index (χ4n) is 3.40. The van der Waals surface area contributed by atoms with Gasteiger partial charge in [0.25, 0.3) is 0 Å². The number of aromatic hydroxyl groups is 1. The Morgan fingerprint density at radius 2 is 1.72 bits per heavy atom. The van der Waals surface area contributed by atoms with E-state index in [1.54, 1.807) is 16.9 Å². The van der Waals surface area contributed by atoms with Crippen LogP contribution in [0.25, 0.3) is 6.08 Å². The molecular formula is C21H28N2O2+2. The maximum Gasteiger partial charge on any atom is 0.160 e. The second-order valence-electron chi connectivity index (χ2n) is 6.70. The molecule has 3 N–H and O–H groups in total. The van der Waals surface area contributed by atoms with Gasteiger partial charge in [-0.05, 0) is 29.8 Å². The molecule has 0 aliphatic carbocycles. The van der Waals surface area contributed by atoms with Crippen LogP contribution in [0.1, 0.15) is 11.1 Å². The number of rotatable bonds is 6. The summed E-state index contributed by atoms with van der Waals surface area (Å²) in [6, 6.07) is 16.2. The molecule has 1 aliphatic rings. The molecule has 0 radical (unpaired) electrons. The lowest BCUT2D eigenvalue weighted by atomic mass is 10.1. The highest BCUT2D eigenvalue weighted by molar-refractivity contribution is 5.48. The smallest absolute Gasteiger partial charge is 0.160 e. The van der Waals surface area contributed by atoms with Crippen molar-refractivity contribution in [3.63, 3.8) is 0 Å². The third-order valence-electron chi connectivity index (χ3n) is 4.88. The Kier molecular flexibility index (Phi) is 6.09. The van der Waals surface area contributed by atoms with Gasteiger partial charge in [-0.3, -0.25) is 0 Å². The monoisotopic (exact) mass is 340 g/mol. The highest BCUT2D eigenvalue weighted by atomic mass is 16.5. The molecule has 0 bridgehead atoms. The van der Waals surface area contributed by atoms with Crippen LogP contribution in [0.4, 0.5) is 0 Å². The molecule has 1 fully saturated rings. The summed E-state index contributed by atoms with van der Waals surface area (Å²) in [5.74, 6) is 0.771. The van der Waals surface area contributed by atoms with E-state index in [1.807, 2.05) is 24.3 Å². The predicted octanol–water partition coefficient (Wildman–Crippen LogP) is 0.398. The number of piperazine rings is 1. The lowest BCUT2D eigenvalue weighted by Crippen LogP contribution is -3.27. The van der Waals surface area contributed by atoms with Crippen molar-refractivity contribution in [1.29, 1.82) is 0 Å². The first-order valence-electron chi connectivity index (χ1n) is 8.99. The zero-order chi connectivity index (χ0) is 17.5. The lowest BCUT2D eigenvalue weighted by molar-refractivity contribution is -1.02. The molecule has 0 atom stereocenters. The van der Waals surface area contributed by atoms with Gasteiger partial charge in [0.2, 0.25) is 0 Å². The van der Waals surface area contributed by atoms with E-state index in [1.165, 1.54) is 37.3 Å². The third kappa shape index (κ3) is 5.08. The fraction of sp³-hybridized carbons (Fsp3) is 0.333. The van der Waals surface area contributed by atoms with Gasteiger partial charge in [-0.15, -0.1) is 0 Å². The summed E-state index contributed by atoms with van der Waals surface area (Å²) in [7, 11) is 1.58. The van der Waals surface area contributed by atoms with Gasteiger partial charge >= 0.3 is 0 Å². The van der Waals surface area contributed by atoms with Gasteiger partial charge in [-0.1, -0.05) is 36.4 Å². The summed E-state index contributed by atoms with van der Waals surface area (Å²) in [6.45, 7) is 6.77. The zero-order valence-corrected chi connectivity index (χ0v) is 14.9. The van der Waals surface area contributed by atoms with E-state index in [2.05, 4.69) is 36.4 Å². The topological polar surface area (TPSA) is 38.3 Å². The molecule has 0 aromatic heterocycles. The third-order valence-corrected chi connectivity index (χ3v) is 4.88. The summed E-state index contributed by atoms with van der Waals surface area (Å²) < 4.78 is 5.11. The van der Waals surface area contributed by atoms with Crippen LogP contribution in [0.15, 0.2) is 54.6 Å². The molecule has 1 heterocycles. The minimum atomic E-state index is 0.231. The maximum absolute atomic E-state index is 9.91. The van der Waals surface area contributed by atoms with Crippen molar-refractivity contribution in [3.8, 4) is 11.5 Å². The van der Waals surface area contributed by atoms with Crippen LogP contribution in [-0.2, 0) is 6.54 Å². The predicted molar refractivity (Wildman–Crippen MR) is 100 cm³/mol. The van der Waals surface area contributed by atoms with E-state index in [4.69, 9.17) is 4.74 Å². The number of benzene rings is 2.